The summed E-state index contributed by atoms with van der Waals surface area (Å²) in [6.07, 6.45) is 5.24. The highest BCUT2D eigenvalue weighted by atomic mass is 16.5. The molecule has 1 heterocycles. The summed E-state index contributed by atoms with van der Waals surface area (Å²) in [5.41, 5.74) is 2.44. The van der Waals surface area contributed by atoms with Gasteiger partial charge in [-0.05, 0) is 29.7 Å². The van der Waals surface area contributed by atoms with Crippen molar-refractivity contribution in [3.05, 3.63) is 35.4 Å². The molecule has 4 nitrogen and oxygen atoms in total. The number of hydrogen-bond donors (Lipinski definition) is 0. The van der Waals surface area contributed by atoms with Crippen LogP contribution in [0.4, 0.5) is 0 Å². The summed E-state index contributed by atoms with van der Waals surface area (Å²) < 4.78 is 16.3. The van der Waals surface area contributed by atoms with E-state index in [0.717, 1.165) is 18.1 Å². The van der Waals surface area contributed by atoms with Gasteiger partial charge in [0.1, 0.15) is 18.4 Å². The molecule has 0 amide bonds. The molecule has 1 aromatic rings. The molecule has 0 N–H and O–H groups in total. The Labute approximate surface area is 119 Å². The molecule has 1 unspecified atom stereocenters. The normalized spacial score (nSPS) is 24.0. The van der Waals surface area contributed by atoms with E-state index in [1.807, 2.05) is 6.07 Å². The van der Waals surface area contributed by atoms with E-state index in [-0.39, 0.29) is 12.0 Å². The highest BCUT2D eigenvalue weighted by molar-refractivity contribution is 5.87. The van der Waals surface area contributed by atoms with Crippen LogP contribution in [0.25, 0.3) is 6.08 Å². The highest BCUT2D eigenvalue weighted by Crippen LogP contribution is 2.35. The maximum absolute atomic E-state index is 5.78. The van der Waals surface area contributed by atoms with Crippen molar-refractivity contribution in [3.63, 3.8) is 0 Å². The van der Waals surface area contributed by atoms with E-state index in [0.29, 0.717) is 13.2 Å². The minimum atomic E-state index is 0.120. The summed E-state index contributed by atoms with van der Waals surface area (Å²) in [5.74, 6) is 1.88. The second-order valence-electron chi connectivity index (χ2n) is 5.07. The molecule has 1 aliphatic heterocycles. The van der Waals surface area contributed by atoms with Crippen LogP contribution in [0.3, 0.4) is 0 Å². The first-order valence-corrected chi connectivity index (χ1v) is 6.85. The lowest BCUT2D eigenvalue weighted by Gasteiger charge is -2.21. The first-order valence-electron chi connectivity index (χ1n) is 6.85. The maximum atomic E-state index is 5.78. The number of methoxy groups -OCH3 is 2. The minimum absolute atomic E-state index is 0.120. The summed E-state index contributed by atoms with van der Waals surface area (Å²) in [7, 11) is 3.38. The fourth-order valence-corrected chi connectivity index (χ4v) is 2.73. The predicted molar refractivity (Wildman–Crippen MR) is 78.4 cm³/mol. The van der Waals surface area contributed by atoms with Crippen molar-refractivity contribution >= 4 is 12.0 Å². The maximum Gasteiger partial charge on any atom is 0.191 e. The Kier molecular flexibility index (Phi) is 3.74. The second kappa shape index (κ2) is 5.67. The molecule has 0 saturated heterocycles. The zero-order valence-electron chi connectivity index (χ0n) is 11.8. The molecule has 1 aromatic carbocycles. The Hall–Kier alpha value is -1.81. The highest BCUT2D eigenvalue weighted by Gasteiger charge is 2.29. The fraction of sp³-hybridized carbons (Fsp3) is 0.438. The van der Waals surface area contributed by atoms with E-state index in [4.69, 9.17) is 14.2 Å². The van der Waals surface area contributed by atoms with Crippen molar-refractivity contribution in [2.45, 2.75) is 18.4 Å². The molecule has 0 aromatic heterocycles. The zero-order chi connectivity index (χ0) is 13.9. The molecular formula is C16H19NO3. The molecule has 0 radical (unpaired) electrons. The van der Waals surface area contributed by atoms with Gasteiger partial charge in [-0.2, -0.15) is 0 Å². The minimum Gasteiger partial charge on any atom is -0.497 e. The van der Waals surface area contributed by atoms with Crippen LogP contribution in [0.1, 0.15) is 23.5 Å². The first-order chi connectivity index (χ1) is 9.81. The van der Waals surface area contributed by atoms with Crippen molar-refractivity contribution in [3.8, 4) is 5.75 Å². The monoisotopic (exact) mass is 273 g/mol. The number of rotatable bonds is 4. The fourth-order valence-electron chi connectivity index (χ4n) is 2.73. The standard InChI is InChI=1S/C16H19NO3/c1-18-9-12-10-20-16(17-12)14-5-3-4-11-6-7-13(19-2)8-15(11)14/h3-4,6-8,12,14H,5,9-10H2,1-2H3/t12-,14?/m1/s1. The number of benzene rings is 1. The lowest BCUT2D eigenvalue weighted by atomic mass is 9.87. The molecule has 0 saturated carbocycles. The van der Waals surface area contributed by atoms with E-state index in [9.17, 15) is 0 Å². The SMILES string of the molecule is COC[C@@H]1COC(C2CC=Cc3ccc(OC)cc32)=N1. The van der Waals surface area contributed by atoms with Gasteiger partial charge in [-0.1, -0.05) is 18.2 Å². The molecule has 0 spiro atoms. The number of ether oxygens (including phenoxy) is 3. The van der Waals surface area contributed by atoms with Gasteiger partial charge in [0.25, 0.3) is 0 Å². The zero-order valence-corrected chi connectivity index (χ0v) is 11.8. The van der Waals surface area contributed by atoms with Crippen LogP contribution in [0, 0.1) is 0 Å². The largest absolute Gasteiger partial charge is 0.497 e. The van der Waals surface area contributed by atoms with Crippen LogP contribution in [0.15, 0.2) is 29.3 Å². The molecule has 20 heavy (non-hydrogen) atoms. The van der Waals surface area contributed by atoms with Crippen molar-refractivity contribution in [1.82, 2.24) is 0 Å². The van der Waals surface area contributed by atoms with Crippen LogP contribution >= 0.6 is 0 Å². The van der Waals surface area contributed by atoms with Crippen molar-refractivity contribution < 1.29 is 14.2 Å². The average molecular weight is 273 g/mol. The van der Waals surface area contributed by atoms with Gasteiger partial charge < -0.3 is 14.2 Å². The Balaban J connectivity index is 1.90. The smallest absolute Gasteiger partial charge is 0.191 e. The Morgan fingerprint density at radius 2 is 2.25 bits per heavy atom. The van der Waals surface area contributed by atoms with E-state index >= 15 is 0 Å². The lowest BCUT2D eigenvalue weighted by Crippen LogP contribution is -2.15. The van der Waals surface area contributed by atoms with Gasteiger partial charge in [0, 0.05) is 7.11 Å². The van der Waals surface area contributed by atoms with Crippen LogP contribution in [0.5, 0.6) is 5.75 Å². The third-order valence-corrected chi connectivity index (χ3v) is 3.73. The van der Waals surface area contributed by atoms with E-state index in [2.05, 4.69) is 29.3 Å². The van der Waals surface area contributed by atoms with E-state index in [1.54, 1.807) is 14.2 Å². The second-order valence-corrected chi connectivity index (χ2v) is 5.07. The van der Waals surface area contributed by atoms with E-state index < -0.39 is 0 Å². The van der Waals surface area contributed by atoms with Crippen LogP contribution in [-0.2, 0) is 9.47 Å². The number of aliphatic imine (C=N–C) groups is 1. The topological polar surface area (TPSA) is 40.0 Å². The van der Waals surface area contributed by atoms with Crippen molar-refractivity contribution in [2.24, 2.45) is 4.99 Å². The third kappa shape index (κ3) is 2.43. The Morgan fingerprint density at radius 1 is 1.35 bits per heavy atom. The lowest BCUT2D eigenvalue weighted by molar-refractivity contribution is 0.164. The number of nitrogens with zero attached hydrogens (tertiary/aromatic N) is 1. The van der Waals surface area contributed by atoms with Gasteiger partial charge in [0.05, 0.1) is 19.6 Å². The molecule has 106 valence electrons. The molecule has 2 atom stereocenters. The summed E-state index contributed by atoms with van der Waals surface area (Å²) in [5, 5.41) is 0. The summed E-state index contributed by atoms with van der Waals surface area (Å²) >= 11 is 0. The quantitative estimate of drug-likeness (QED) is 0.846. The Morgan fingerprint density at radius 3 is 3.05 bits per heavy atom. The van der Waals surface area contributed by atoms with Crippen molar-refractivity contribution in [2.75, 3.05) is 27.4 Å². The summed E-state index contributed by atoms with van der Waals surface area (Å²) in [6, 6.07) is 6.27. The van der Waals surface area contributed by atoms with Crippen LogP contribution in [0.2, 0.25) is 0 Å². The van der Waals surface area contributed by atoms with E-state index in [1.165, 1.54) is 11.1 Å². The first kappa shape index (κ1) is 13.2. The molecule has 3 rings (SSSR count). The van der Waals surface area contributed by atoms with Crippen LogP contribution < -0.4 is 4.74 Å². The molecule has 2 aliphatic rings. The molecule has 1 aliphatic carbocycles. The van der Waals surface area contributed by atoms with Gasteiger partial charge in [-0.15, -0.1) is 0 Å². The Bertz CT molecular complexity index is 551. The third-order valence-electron chi connectivity index (χ3n) is 3.73. The van der Waals surface area contributed by atoms with Gasteiger partial charge in [-0.25, -0.2) is 4.99 Å². The molecule has 4 heteroatoms. The number of fused-ring (bicyclic) bond motifs is 1. The molecule has 0 bridgehead atoms. The van der Waals surface area contributed by atoms with Crippen molar-refractivity contribution in [1.29, 1.82) is 0 Å². The summed E-state index contributed by atoms with van der Waals surface area (Å²) in [6.45, 7) is 1.22. The summed E-state index contributed by atoms with van der Waals surface area (Å²) in [4.78, 5) is 4.65. The van der Waals surface area contributed by atoms with Gasteiger partial charge >= 0.3 is 0 Å². The average Bonchev–Trinajstić information content (AvgIpc) is 2.95. The van der Waals surface area contributed by atoms with Gasteiger partial charge in [0.2, 0.25) is 0 Å². The molecular weight excluding hydrogens is 254 g/mol. The molecule has 0 fully saturated rings. The predicted octanol–water partition coefficient (Wildman–Crippen LogP) is 2.64. The number of allylic oxidation sites excluding steroid dienone is 1. The van der Waals surface area contributed by atoms with Gasteiger partial charge in [-0.3, -0.25) is 0 Å². The number of hydrogen-bond acceptors (Lipinski definition) is 4. The van der Waals surface area contributed by atoms with Crippen LogP contribution in [-0.4, -0.2) is 39.4 Å². The van der Waals surface area contributed by atoms with Gasteiger partial charge in [0.15, 0.2) is 5.90 Å².